The number of rotatable bonds is 9. The van der Waals surface area contributed by atoms with Crippen LogP contribution in [0.1, 0.15) is 47.5 Å². The van der Waals surface area contributed by atoms with Gasteiger partial charge in [-0.1, -0.05) is 34.6 Å². The summed E-state index contributed by atoms with van der Waals surface area (Å²) in [5, 5.41) is 11.8. The quantitative estimate of drug-likeness (QED) is 0.222. The molecule has 1 fully saturated rings. The minimum absolute atomic E-state index is 0.0220. The zero-order valence-electron chi connectivity index (χ0n) is 22.3. The van der Waals surface area contributed by atoms with E-state index in [0.29, 0.717) is 31.0 Å². The fourth-order valence-corrected chi connectivity index (χ4v) is 7.02. The smallest absolute Gasteiger partial charge is 0.315 e. The molecule has 3 rings (SSSR count). The maximum atomic E-state index is 12.4. The van der Waals surface area contributed by atoms with E-state index in [9.17, 15) is 9.90 Å². The van der Waals surface area contributed by atoms with Gasteiger partial charge in [-0.2, -0.15) is 0 Å². The molecular weight excluding hydrogens is 456 g/mol. The fourth-order valence-electron chi connectivity index (χ4n) is 5.71. The monoisotopic (exact) mass is 500 g/mol. The Balaban J connectivity index is 1.99. The number of hydrogen-bond donors (Lipinski definition) is 1. The van der Waals surface area contributed by atoms with Crippen molar-refractivity contribution in [1.82, 2.24) is 0 Å². The van der Waals surface area contributed by atoms with Crippen molar-refractivity contribution >= 4 is 14.3 Å². The first-order valence-electron chi connectivity index (χ1n) is 12.3. The summed E-state index contributed by atoms with van der Waals surface area (Å²) in [5.41, 5.74) is -0.0821. The van der Waals surface area contributed by atoms with Gasteiger partial charge in [0.1, 0.15) is 18.7 Å². The third-order valence-corrected chi connectivity index (χ3v) is 13.1. The molecule has 1 N–H and O–H groups in total. The highest BCUT2D eigenvalue weighted by atomic mass is 28.4. The lowest BCUT2D eigenvalue weighted by Gasteiger charge is -2.45. The van der Waals surface area contributed by atoms with Gasteiger partial charge >= 0.3 is 5.97 Å². The second kappa shape index (κ2) is 10.3. The summed E-state index contributed by atoms with van der Waals surface area (Å²) in [5.74, 6) is 0.00913. The molecule has 0 unspecified atom stereocenters. The van der Waals surface area contributed by atoms with Gasteiger partial charge in [0.15, 0.2) is 8.32 Å². The first-order chi connectivity index (χ1) is 15.8. The van der Waals surface area contributed by atoms with Crippen LogP contribution in [-0.2, 0) is 32.9 Å². The molecular formula is C25H44O8Si. The molecule has 0 saturated heterocycles. The zero-order valence-corrected chi connectivity index (χ0v) is 23.3. The number of methoxy groups -OCH3 is 2. The zero-order chi connectivity index (χ0) is 25.5. The van der Waals surface area contributed by atoms with Crippen molar-refractivity contribution in [3.63, 3.8) is 0 Å². The fraction of sp³-hybridized carbons (Fsp3) is 0.880. The summed E-state index contributed by atoms with van der Waals surface area (Å²) >= 11 is 0. The van der Waals surface area contributed by atoms with Crippen LogP contribution >= 0.6 is 0 Å². The summed E-state index contributed by atoms with van der Waals surface area (Å²) in [6.45, 7) is 16.1. The lowest BCUT2D eigenvalue weighted by Crippen LogP contribution is -2.51. The van der Waals surface area contributed by atoms with Gasteiger partial charge in [0.2, 0.25) is 0 Å². The largest absolute Gasteiger partial charge is 0.428 e. The lowest BCUT2D eigenvalue weighted by atomic mass is 9.67. The number of carbonyl (C=O) groups is 1. The molecule has 1 heterocycles. The molecule has 34 heavy (non-hydrogen) atoms. The van der Waals surface area contributed by atoms with Crippen LogP contribution in [-0.4, -0.2) is 78.0 Å². The number of aliphatic hydroxyl groups is 1. The molecule has 1 saturated carbocycles. The molecule has 0 aromatic carbocycles. The Labute approximate surface area is 205 Å². The molecule has 1 aliphatic heterocycles. The van der Waals surface area contributed by atoms with E-state index in [1.54, 1.807) is 14.2 Å². The second-order valence-electron chi connectivity index (χ2n) is 11.7. The van der Waals surface area contributed by atoms with Crippen molar-refractivity contribution < 1.29 is 38.0 Å². The Morgan fingerprint density at radius 3 is 2.47 bits per heavy atom. The van der Waals surface area contributed by atoms with Gasteiger partial charge in [-0.25, -0.2) is 0 Å². The highest BCUT2D eigenvalue weighted by Crippen LogP contribution is 2.58. The molecule has 8 nitrogen and oxygen atoms in total. The van der Waals surface area contributed by atoms with Crippen LogP contribution in [0, 0.1) is 17.3 Å². The van der Waals surface area contributed by atoms with E-state index >= 15 is 0 Å². The van der Waals surface area contributed by atoms with E-state index in [0.717, 1.165) is 0 Å². The van der Waals surface area contributed by atoms with Gasteiger partial charge in [0.05, 0.1) is 37.9 Å². The van der Waals surface area contributed by atoms with Gasteiger partial charge in [0.25, 0.3) is 0 Å². The van der Waals surface area contributed by atoms with Crippen molar-refractivity contribution in [2.75, 3.05) is 34.2 Å². The van der Waals surface area contributed by atoms with Gasteiger partial charge in [0, 0.05) is 37.5 Å². The molecule has 0 radical (unpaired) electrons. The third kappa shape index (κ3) is 4.90. The average molecular weight is 501 g/mol. The van der Waals surface area contributed by atoms with Crippen LogP contribution in [0.15, 0.2) is 11.3 Å². The number of ether oxygens (including phenoxy) is 5. The Kier molecular flexibility index (Phi) is 8.40. The lowest BCUT2D eigenvalue weighted by molar-refractivity contribution is -0.155. The topological polar surface area (TPSA) is 92.7 Å². The van der Waals surface area contributed by atoms with E-state index in [1.807, 2.05) is 6.92 Å². The number of aliphatic hydroxyl groups excluding tert-OH is 1. The predicted molar refractivity (Wildman–Crippen MR) is 130 cm³/mol. The first kappa shape index (κ1) is 27.8. The van der Waals surface area contributed by atoms with Crippen LogP contribution < -0.4 is 0 Å². The predicted octanol–water partition coefficient (Wildman–Crippen LogP) is 3.64. The maximum absolute atomic E-state index is 12.4. The number of hydrogen-bond acceptors (Lipinski definition) is 8. The third-order valence-electron chi connectivity index (χ3n) is 8.67. The normalized spacial score (nSPS) is 36.4. The minimum Gasteiger partial charge on any atom is -0.428 e. The van der Waals surface area contributed by atoms with Crippen LogP contribution in [0.5, 0.6) is 0 Å². The SMILES string of the molecule is COCCOCO[C@@H]1C[C@H](OC)[C@H]2[C@H](C)[C@@H](O[Si](C)(C)C(C)(C)C)C3=C(CC(=O)O3)[C@H](O)[C@@]21C. The minimum atomic E-state index is -2.22. The highest BCUT2D eigenvalue weighted by molar-refractivity contribution is 6.74. The van der Waals surface area contributed by atoms with Gasteiger partial charge < -0.3 is 33.2 Å². The molecule has 0 spiro atoms. The van der Waals surface area contributed by atoms with Gasteiger partial charge in [-0.15, -0.1) is 0 Å². The molecule has 196 valence electrons. The van der Waals surface area contributed by atoms with Crippen molar-refractivity contribution in [3.8, 4) is 0 Å². The van der Waals surface area contributed by atoms with Crippen molar-refractivity contribution in [1.29, 1.82) is 0 Å². The number of fused-ring (bicyclic) bond motifs is 1. The molecule has 3 aliphatic rings. The molecule has 0 aromatic rings. The summed E-state index contributed by atoms with van der Waals surface area (Å²) < 4.78 is 35.4. The van der Waals surface area contributed by atoms with Crippen LogP contribution in [0.3, 0.4) is 0 Å². The molecule has 9 heteroatoms. The molecule has 0 bridgehead atoms. The van der Waals surface area contributed by atoms with Gasteiger partial charge in [-0.05, 0) is 24.1 Å². The summed E-state index contributed by atoms with van der Waals surface area (Å²) in [6, 6.07) is 0. The van der Waals surface area contributed by atoms with Crippen molar-refractivity contribution in [3.05, 3.63) is 11.3 Å². The van der Waals surface area contributed by atoms with E-state index in [1.165, 1.54) is 0 Å². The molecule has 0 amide bonds. The van der Waals surface area contributed by atoms with Crippen LogP contribution in [0.4, 0.5) is 0 Å². The number of esters is 1. The molecule has 2 aliphatic carbocycles. The maximum Gasteiger partial charge on any atom is 0.315 e. The van der Waals surface area contributed by atoms with E-state index in [-0.39, 0.29) is 48.3 Å². The van der Waals surface area contributed by atoms with Gasteiger partial charge in [-0.3, -0.25) is 4.79 Å². The van der Waals surface area contributed by atoms with Crippen molar-refractivity contribution in [2.24, 2.45) is 17.3 Å². The Hall–Kier alpha value is -0.813. The average Bonchev–Trinajstić information content (AvgIpc) is 3.26. The second-order valence-corrected chi connectivity index (χ2v) is 16.4. The number of carbonyl (C=O) groups excluding carboxylic acids is 1. The Morgan fingerprint density at radius 1 is 1.21 bits per heavy atom. The molecule has 7 atom stereocenters. The van der Waals surface area contributed by atoms with Crippen molar-refractivity contribution in [2.45, 2.75) is 90.0 Å². The van der Waals surface area contributed by atoms with E-state index < -0.39 is 25.9 Å². The Bertz CT molecular complexity index is 775. The summed E-state index contributed by atoms with van der Waals surface area (Å²) in [7, 11) is 1.11. The first-order valence-corrected chi connectivity index (χ1v) is 15.2. The van der Waals surface area contributed by atoms with E-state index in [4.69, 9.17) is 28.1 Å². The summed E-state index contributed by atoms with van der Waals surface area (Å²) in [6.07, 6.45) is -1.12. The standard InChI is InChI=1S/C25H44O8Si/c1-15-20-17(29-7)13-18(31-14-30-11-10-28-6)25(20,5)23(27)16-12-19(26)32-22(16)21(15)33-34(8,9)24(2,3)4/h15,17-18,20-21,23,27H,10-14H2,1-9H3/t15-,17-,18+,20+,21+,23-,25+/m0/s1. The highest BCUT2D eigenvalue weighted by Gasteiger charge is 2.64. The van der Waals surface area contributed by atoms with Crippen LogP contribution in [0.2, 0.25) is 18.1 Å². The van der Waals surface area contributed by atoms with E-state index in [2.05, 4.69) is 40.8 Å². The van der Waals surface area contributed by atoms with Crippen LogP contribution in [0.25, 0.3) is 0 Å². The molecule has 0 aromatic heterocycles. The Morgan fingerprint density at radius 2 is 1.88 bits per heavy atom. The summed E-state index contributed by atoms with van der Waals surface area (Å²) in [4.78, 5) is 12.4.